The number of hydrogen-bond donors (Lipinski definition) is 0. The van der Waals surface area contributed by atoms with Crippen LogP contribution in [0, 0.1) is 0 Å². The van der Waals surface area contributed by atoms with Gasteiger partial charge >= 0.3 is 0 Å². The predicted octanol–water partition coefficient (Wildman–Crippen LogP) is 11.8. The number of benzene rings is 9. The van der Waals surface area contributed by atoms with Crippen LogP contribution < -0.4 is 51.9 Å². The van der Waals surface area contributed by atoms with Crippen LogP contribution in [0.2, 0.25) is 0 Å². The van der Waals surface area contributed by atoms with Gasteiger partial charge in [-0.2, -0.15) is 0 Å². The van der Waals surface area contributed by atoms with Crippen LogP contribution in [-0.4, -0.2) is 13.4 Å². The summed E-state index contributed by atoms with van der Waals surface area (Å²) in [6.45, 7) is -0.222. The maximum Gasteiger partial charge on any atom is 0.297 e. The first kappa shape index (κ1) is 36.2. The minimum Gasteiger partial charge on any atom is -0.468 e. The fourth-order valence-corrected chi connectivity index (χ4v) is 12.9. The number of furan rings is 1. The Morgan fingerprint density at radius 1 is 0.348 bits per heavy atom. The van der Waals surface area contributed by atoms with Gasteiger partial charge in [-0.1, -0.05) is 115 Å². The fraction of sp³-hybridized carbons (Fsp3) is 0. The molecule has 306 valence electrons. The van der Waals surface area contributed by atoms with Gasteiger partial charge in [0.15, 0.2) is 0 Å². The molecule has 8 heteroatoms. The first-order valence-electron chi connectivity index (χ1n) is 22.7. The predicted molar refractivity (Wildman–Crippen MR) is 280 cm³/mol. The van der Waals surface area contributed by atoms with Gasteiger partial charge in [-0.25, -0.2) is 0 Å². The molecule has 2 aromatic heterocycles. The number of thiophene rings is 1. The summed E-state index contributed by atoms with van der Waals surface area (Å²) in [6, 6.07) is 79.9. The zero-order valence-electron chi connectivity index (χ0n) is 35.5. The monoisotopic (exact) mass is 858 g/mol. The lowest BCUT2D eigenvalue weighted by Gasteiger charge is -2.46. The van der Waals surface area contributed by atoms with E-state index in [-0.39, 0.29) is 13.4 Å². The zero-order valence-corrected chi connectivity index (χ0v) is 36.4. The van der Waals surface area contributed by atoms with Crippen LogP contribution >= 0.6 is 11.3 Å². The number of anilines is 12. The lowest BCUT2D eigenvalue weighted by Crippen LogP contribution is -2.63. The lowest BCUT2D eigenvalue weighted by atomic mass is 9.33. The Labute approximate surface area is 386 Å². The zero-order chi connectivity index (χ0) is 43.0. The van der Waals surface area contributed by atoms with E-state index in [1.54, 1.807) is 0 Å². The maximum atomic E-state index is 7.22. The first-order chi connectivity index (χ1) is 32.8. The average Bonchev–Trinajstić information content (AvgIpc) is 3.96. The minimum atomic E-state index is -0.191. The molecule has 9 aromatic carbocycles. The Morgan fingerprint density at radius 2 is 0.773 bits per heavy atom. The highest BCUT2D eigenvalue weighted by Crippen LogP contribution is 2.50. The van der Waals surface area contributed by atoms with Gasteiger partial charge in [-0.3, -0.25) is 0 Å². The van der Waals surface area contributed by atoms with Crippen molar-refractivity contribution in [1.29, 1.82) is 0 Å². The highest BCUT2D eigenvalue weighted by Gasteiger charge is 2.50. The topological polar surface area (TPSA) is 26.1 Å². The Kier molecular flexibility index (Phi) is 7.49. The van der Waals surface area contributed by atoms with Crippen LogP contribution in [0.3, 0.4) is 0 Å². The molecule has 0 aliphatic carbocycles. The number of hydrogen-bond acceptors (Lipinski definition) is 6. The SMILES string of the molecule is c1ccc(N2c3cc4c(cc3B3c5oc6ccccc6c5N(c5ccccc5)c5cccc2c53)N(c2ccccc2)c2cccc3c2B4c2sc4ccccc4c2N3c2ccccc2)cc1. The van der Waals surface area contributed by atoms with Crippen molar-refractivity contribution in [2.75, 3.05) is 19.6 Å². The summed E-state index contributed by atoms with van der Waals surface area (Å²) in [5.74, 6) is 0. The largest absolute Gasteiger partial charge is 0.468 e. The summed E-state index contributed by atoms with van der Waals surface area (Å²) >= 11 is 1.93. The van der Waals surface area contributed by atoms with Crippen molar-refractivity contribution in [1.82, 2.24) is 0 Å². The molecule has 0 unspecified atom stereocenters. The van der Waals surface area contributed by atoms with Crippen molar-refractivity contribution in [3.05, 3.63) is 218 Å². The minimum absolute atomic E-state index is 0.0316. The number of fused-ring (bicyclic) bond motifs is 12. The summed E-state index contributed by atoms with van der Waals surface area (Å²) in [6.07, 6.45) is 0. The Hall–Kier alpha value is -8.19. The molecular formula is C58H36B2N4OS. The van der Waals surface area contributed by atoms with E-state index >= 15 is 0 Å². The van der Waals surface area contributed by atoms with Crippen LogP contribution in [-0.2, 0) is 0 Å². The van der Waals surface area contributed by atoms with Crippen LogP contribution in [0.4, 0.5) is 68.2 Å². The molecule has 0 saturated heterocycles. The van der Waals surface area contributed by atoms with E-state index in [0.29, 0.717) is 0 Å². The Morgan fingerprint density at radius 3 is 1.33 bits per heavy atom. The lowest BCUT2D eigenvalue weighted by molar-refractivity contribution is 0.651. The summed E-state index contributed by atoms with van der Waals surface area (Å²) in [7, 11) is 0. The van der Waals surface area contributed by atoms with E-state index in [9.17, 15) is 0 Å². The third-order valence-electron chi connectivity index (χ3n) is 14.2. The van der Waals surface area contributed by atoms with Crippen molar-refractivity contribution in [3.8, 4) is 0 Å². The smallest absolute Gasteiger partial charge is 0.297 e. The molecule has 0 bridgehead atoms. The second-order valence-corrected chi connectivity index (χ2v) is 18.6. The molecule has 0 fully saturated rings. The summed E-state index contributed by atoms with van der Waals surface area (Å²) in [4.78, 5) is 9.99. The van der Waals surface area contributed by atoms with Gasteiger partial charge in [0.1, 0.15) is 5.58 Å². The standard InChI is InChI=1S/C58H36B2N4OS/c1-5-19-37(20-6-1)61-45-29-17-31-47-53(45)59(57-55(41-27-13-15-33-51(41)65-57)63(47)39-23-9-3-10-24-39)43-35-50-44(36-49(43)61)60-54-46(62(50)38-21-7-2-8-22-38)30-18-32-48(54)64(40-25-11-4-12-26-40)56-42-28-14-16-34-52(42)66-58(56)60/h1-36H. The normalized spacial score (nSPS) is 13.9. The molecule has 66 heavy (non-hydrogen) atoms. The van der Waals surface area contributed by atoms with Crippen molar-refractivity contribution in [2.24, 2.45) is 0 Å². The highest BCUT2D eigenvalue weighted by atomic mass is 32.1. The highest BCUT2D eigenvalue weighted by molar-refractivity contribution is 7.33. The molecule has 0 saturated carbocycles. The van der Waals surface area contributed by atoms with Gasteiger partial charge in [0.25, 0.3) is 13.4 Å². The molecule has 0 amide bonds. The molecule has 4 aliphatic heterocycles. The van der Waals surface area contributed by atoms with E-state index in [1.165, 1.54) is 59.5 Å². The Balaban J connectivity index is 1.07. The van der Waals surface area contributed by atoms with Crippen LogP contribution in [0.25, 0.3) is 21.1 Å². The van der Waals surface area contributed by atoms with Gasteiger partial charge in [0, 0.05) is 77.1 Å². The van der Waals surface area contributed by atoms with Crippen LogP contribution in [0.5, 0.6) is 0 Å². The molecule has 6 heterocycles. The second kappa shape index (κ2) is 13.7. The van der Waals surface area contributed by atoms with E-state index < -0.39 is 0 Å². The fourth-order valence-electron chi connectivity index (χ4n) is 11.6. The van der Waals surface area contributed by atoms with Crippen molar-refractivity contribution < 1.29 is 4.42 Å². The number of rotatable bonds is 4. The first-order valence-corrected chi connectivity index (χ1v) is 23.5. The average molecular weight is 859 g/mol. The van der Waals surface area contributed by atoms with E-state index in [1.807, 2.05) is 11.3 Å². The van der Waals surface area contributed by atoms with Crippen molar-refractivity contribution in [3.63, 3.8) is 0 Å². The second-order valence-electron chi connectivity index (χ2n) is 17.6. The quantitative estimate of drug-likeness (QED) is 0.164. The molecule has 0 radical (unpaired) electrons. The van der Waals surface area contributed by atoms with Gasteiger partial charge in [-0.15, -0.1) is 11.3 Å². The van der Waals surface area contributed by atoms with Gasteiger partial charge in [0.05, 0.1) is 17.0 Å². The third-order valence-corrected chi connectivity index (χ3v) is 15.4. The molecule has 11 aromatic rings. The van der Waals surface area contributed by atoms with E-state index in [4.69, 9.17) is 4.42 Å². The number of para-hydroxylation sites is 5. The number of nitrogens with zero attached hydrogens (tertiary/aromatic N) is 4. The summed E-state index contributed by atoms with van der Waals surface area (Å²) in [5, 5.41) is 2.38. The third kappa shape index (κ3) is 4.86. The van der Waals surface area contributed by atoms with Gasteiger partial charge in [-0.05, 0) is 125 Å². The van der Waals surface area contributed by atoms with Crippen LogP contribution in [0.1, 0.15) is 0 Å². The molecule has 0 atom stereocenters. The molecule has 0 spiro atoms. The van der Waals surface area contributed by atoms with E-state index in [0.717, 1.165) is 62.1 Å². The van der Waals surface area contributed by atoms with Gasteiger partial charge in [0.2, 0.25) is 0 Å². The molecule has 5 nitrogen and oxygen atoms in total. The molecule has 15 rings (SSSR count). The summed E-state index contributed by atoms with van der Waals surface area (Å²) in [5.41, 5.74) is 20.8. The van der Waals surface area contributed by atoms with Crippen molar-refractivity contribution in [2.45, 2.75) is 0 Å². The molecule has 0 N–H and O–H groups in total. The van der Waals surface area contributed by atoms with Crippen LogP contribution in [0.15, 0.2) is 223 Å². The van der Waals surface area contributed by atoms with E-state index in [2.05, 4.69) is 238 Å². The Bertz CT molecular complexity index is 3520. The molecular weight excluding hydrogens is 822 g/mol. The van der Waals surface area contributed by atoms with Crippen molar-refractivity contribution >= 4 is 146 Å². The van der Waals surface area contributed by atoms with Gasteiger partial charge < -0.3 is 24.0 Å². The molecule has 4 aliphatic rings. The summed E-state index contributed by atoms with van der Waals surface area (Å²) < 4.78 is 9.87. The maximum absolute atomic E-state index is 7.22.